The summed E-state index contributed by atoms with van der Waals surface area (Å²) in [5, 5.41) is 8.76. The number of aliphatic hydroxyl groups is 1. The predicted octanol–water partition coefficient (Wildman–Crippen LogP) is 2.56. The summed E-state index contributed by atoms with van der Waals surface area (Å²) in [6.45, 7) is 3.11. The zero-order valence-electron chi connectivity index (χ0n) is 11.7. The summed E-state index contributed by atoms with van der Waals surface area (Å²) in [4.78, 5) is 16.0. The van der Waals surface area contributed by atoms with Crippen LogP contribution in [0.4, 0.5) is 0 Å². The first-order chi connectivity index (χ1) is 10.2. The number of aliphatic hydroxyl groups excluding tert-OH is 1. The van der Waals surface area contributed by atoms with E-state index in [0.717, 1.165) is 10.4 Å². The Hall–Kier alpha value is -2.09. The van der Waals surface area contributed by atoms with Gasteiger partial charge in [0.15, 0.2) is 0 Å². The van der Waals surface area contributed by atoms with Crippen LogP contribution in [0, 0.1) is 18.8 Å². The highest BCUT2D eigenvalue weighted by molar-refractivity contribution is 7.14. The van der Waals surface area contributed by atoms with Crippen molar-refractivity contribution in [2.45, 2.75) is 20.0 Å². The minimum Gasteiger partial charge on any atom is -0.384 e. The Bertz CT molecular complexity index is 727. The smallest absolute Gasteiger partial charge is 0.264 e. The molecule has 0 spiro atoms. The van der Waals surface area contributed by atoms with Crippen molar-refractivity contribution in [1.29, 1.82) is 0 Å². The molecule has 0 saturated heterocycles. The molecule has 1 aliphatic rings. The van der Waals surface area contributed by atoms with E-state index in [1.54, 1.807) is 0 Å². The topological polar surface area (TPSA) is 40.5 Å². The van der Waals surface area contributed by atoms with Crippen molar-refractivity contribution in [2.75, 3.05) is 6.61 Å². The summed E-state index contributed by atoms with van der Waals surface area (Å²) in [7, 11) is 0. The lowest BCUT2D eigenvalue weighted by molar-refractivity contribution is 0.0756. The Morgan fingerprint density at radius 3 is 2.62 bits per heavy atom. The van der Waals surface area contributed by atoms with Gasteiger partial charge in [-0.15, -0.1) is 11.3 Å². The van der Waals surface area contributed by atoms with Gasteiger partial charge in [-0.1, -0.05) is 36.1 Å². The number of hydrogen-bond acceptors (Lipinski definition) is 3. The second-order valence-electron chi connectivity index (χ2n) is 5.01. The summed E-state index contributed by atoms with van der Waals surface area (Å²) in [6, 6.07) is 10.0. The number of aryl methyl sites for hydroxylation is 1. The Labute approximate surface area is 127 Å². The van der Waals surface area contributed by atoms with Crippen LogP contribution in [0.3, 0.4) is 0 Å². The average Bonchev–Trinajstić information content (AvgIpc) is 3.08. The van der Waals surface area contributed by atoms with Crippen LogP contribution in [0.25, 0.3) is 0 Å². The van der Waals surface area contributed by atoms with Crippen LogP contribution < -0.4 is 0 Å². The van der Waals surface area contributed by atoms with Gasteiger partial charge in [0.2, 0.25) is 0 Å². The Kier molecular flexibility index (Phi) is 3.78. The number of hydrogen-bond donors (Lipinski definition) is 1. The molecule has 1 aromatic carbocycles. The fraction of sp³-hybridized carbons (Fsp3) is 0.235. The molecule has 1 N–H and O–H groups in total. The molecule has 1 aliphatic heterocycles. The highest BCUT2D eigenvalue weighted by atomic mass is 32.1. The molecule has 4 heteroatoms. The zero-order chi connectivity index (χ0) is 14.8. The maximum atomic E-state index is 12.6. The summed E-state index contributed by atoms with van der Waals surface area (Å²) in [5.41, 5.74) is 3.43. The van der Waals surface area contributed by atoms with Crippen LogP contribution in [0.15, 0.2) is 30.3 Å². The van der Waals surface area contributed by atoms with Crippen molar-refractivity contribution in [3.8, 4) is 11.8 Å². The molecule has 0 fully saturated rings. The van der Waals surface area contributed by atoms with Gasteiger partial charge >= 0.3 is 0 Å². The van der Waals surface area contributed by atoms with Gasteiger partial charge in [-0.05, 0) is 29.7 Å². The normalized spacial score (nSPS) is 12.8. The van der Waals surface area contributed by atoms with E-state index in [1.165, 1.54) is 22.5 Å². The van der Waals surface area contributed by atoms with Gasteiger partial charge in [0, 0.05) is 13.1 Å². The first-order valence-corrected chi connectivity index (χ1v) is 7.57. The number of thiophene rings is 1. The molecule has 2 heterocycles. The minimum absolute atomic E-state index is 0.0522. The van der Waals surface area contributed by atoms with Crippen molar-refractivity contribution in [2.24, 2.45) is 0 Å². The van der Waals surface area contributed by atoms with Gasteiger partial charge in [0.1, 0.15) is 6.61 Å². The van der Waals surface area contributed by atoms with E-state index in [-0.39, 0.29) is 12.5 Å². The maximum Gasteiger partial charge on any atom is 0.264 e. The summed E-state index contributed by atoms with van der Waals surface area (Å²) in [5.74, 6) is 5.58. The molecule has 1 aromatic heterocycles. The molecular weight excluding hydrogens is 282 g/mol. The van der Waals surface area contributed by atoms with E-state index in [4.69, 9.17) is 5.11 Å². The number of carbonyl (C=O) groups excluding carboxylic acids is 1. The van der Waals surface area contributed by atoms with Gasteiger partial charge < -0.3 is 10.0 Å². The molecular formula is C17H15NO2S. The highest BCUT2D eigenvalue weighted by Gasteiger charge is 2.25. The van der Waals surface area contributed by atoms with Crippen molar-refractivity contribution in [1.82, 2.24) is 4.90 Å². The van der Waals surface area contributed by atoms with E-state index in [1.807, 2.05) is 30.0 Å². The average molecular weight is 297 g/mol. The van der Waals surface area contributed by atoms with Crippen molar-refractivity contribution >= 4 is 17.2 Å². The van der Waals surface area contributed by atoms with E-state index in [0.29, 0.717) is 18.0 Å². The largest absolute Gasteiger partial charge is 0.384 e. The molecule has 0 saturated carbocycles. The van der Waals surface area contributed by atoms with Crippen LogP contribution in [-0.2, 0) is 13.1 Å². The second kappa shape index (κ2) is 5.72. The quantitative estimate of drug-likeness (QED) is 0.822. The number of carbonyl (C=O) groups is 1. The van der Waals surface area contributed by atoms with Crippen LogP contribution >= 0.6 is 11.3 Å². The van der Waals surface area contributed by atoms with E-state index in [2.05, 4.69) is 24.0 Å². The molecule has 3 nitrogen and oxygen atoms in total. The van der Waals surface area contributed by atoms with Crippen LogP contribution in [0.2, 0.25) is 0 Å². The van der Waals surface area contributed by atoms with Crippen molar-refractivity contribution in [3.05, 3.63) is 56.8 Å². The third-order valence-electron chi connectivity index (χ3n) is 3.54. The monoisotopic (exact) mass is 297 g/mol. The van der Waals surface area contributed by atoms with Gasteiger partial charge in [0.25, 0.3) is 5.91 Å². The lowest BCUT2D eigenvalue weighted by Gasteiger charge is -2.13. The standard InChI is InChI=1S/C17H15NO2S/c1-12-9-16(21-15(12)7-4-8-19)17(20)18-10-13-5-2-3-6-14(13)11-18/h2-3,5-6,9,19H,8,10-11H2,1H3. The number of nitrogens with zero attached hydrogens (tertiary/aromatic N) is 1. The SMILES string of the molecule is Cc1cc(C(=O)N2Cc3ccccc3C2)sc1C#CCO. The number of benzene rings is 1. The molecule has 2 aromatic rings. The first kappa shape index (κ1) is 13.9. The van der Waals surface area contributed by atoms with Crippen LogP contribution in [0.5, 0.6) is 0 Å². The van der Waals surface area contributed by atoms with Crippen molar-refractivity contribution in [3.63, 3.8) is 0 Å². The third kappa shape index (κ3) is 2.71. The fourth-order valence-corrected chi connectivity index (χ4v) is 3.48. The molecule has 0 atom stereocenters. The molecule has 1 amide bonds. The summed E-state index contributed by atoms with van der Waals surface area (Å²) in [6.07, 6.45) is 0. The predicted molar refractivity (Wildman–Crippen MR) is 83.0 cm³/mol. The summed E-state index contributed by atoms with van der Waals surface area (Å²) < 4.78 is 0. The van der Waals surface area contributed by atoms with Gasteiger partial charge in [-0.2, -0.15) is 0 Å². The van der Waals surface area contributed by atoms with Crippen LogP contribution in [0.1, 0.15) is 31.2 Å². The molecule has 0 bridgehead atoms. The molecule has 21 heavy (non-hydrogen) atoms. The van der Waals surface area contributed by atoms with Crippen molar-refractivity contribution < 1.29 is 9.90 Å². The van der Waals surface area contributed by atoms with Crippen LogP contribution in [-0.4, -0.2) is 22.5 Å². The number of fused-ring (bicyclic) bond motifs is 1. The number of amides is 1. The molecule has 0 radical (unpaired) electrons. The summed E-state index contributed by atoms with van der Waals surface area (Å²) >= 11 is 1.40. The van der Waals surface area contributed by atoms with E-state index >= 15 is 0 Å². The van der Waals surface area contributed by atoms with Gasteiger partial charge in [-0.25, -0.2) is 0 Å². The first-order valence-electron chi connectivity index (χ1n) is 6.75. The Morgan fingerprint density at radius 1 is 1.33 bits per heavy atom. The van der Waals surface area contributed by atoms with Gasteiger partial charge in [0.05, 0.1) is 9.75 Å². The lowest BCUT2D eigenvalue weighted by atomic mass is 10.1. The molecule has 0 unspecified atom stereocenters. The highest BCUT2D eigenvalue weighted by Crippen LogP contribution is 2.27. The second-order valence-corrected chi connectivity index (χ2v) is 6.06. The number of rotatable bonds is 1. The Morgan fingerprint density at radius 2 is 2.00 bits per heavy atom. The fourth-order valence-electron chi connectivity index (χ4n) is 2.46. The molecule has 0 aliphatic carbocycles. The van der Waals surface area contributed by atoms with E-state index < -0.39 is 0 Å². The minimum atomic E-state index is -0.165. The van der Waals surface area contributed by atoms with Gasteiger partial charge in [-0.3, -0.25) is 4.79 Å². The zero-order valence-corrected chi connectivity index (χ0v) is 12.5. The molecule has 106 valence electrons. The molecule has 3 rings (SSSR count). The lowest BCUT2D eigenvalue weighted by Crippen LogP contribution is -2.24. The van der Waals surface area contributed by atoms with E-state index in [9.17, 15) is 4.79 Å². The third-order valence-corrected chi connectivity index (χ3v) is 4.68. The Balaban J connectivity index is 1.81. The maximum absolute atomic E-state index is 12.6.